The summed E-state index contributed by atoms with van der Waals surface area (Å²) in [5.74, 6) is 0.474. The Balaban J connectivity index is 2.04. The number of rotatable bonds is 4. The third kappa shape index (κ3) is 3.52. The lowest BCUT2D eigenvalue weighted by molar-refractivity contribution is -0.137. The summed E-state index contributed by atoms with van der Waals surface area (Å²) in [7, 11) is 1.86. The Morgan fingerprint density at radius 1 is 1.30 bits per heavy atom. The quantitative estimate of drug-likeness (QED) is 0.917. The summed E-state index contributed by atoms with van der Waals surface area (Å²) in [6.45, 7) is 2.91. The molecule has 1 aromatic rings. The highest BCUT2D eigenvalue weighted by Gasteiger charge is 2.32. The summed E-state index contributed by atoms with van der Waals surface area (Å²) in [6.07, 6.45) is -2.44. The second kappa shape index (κ2) is 6.14. The predicted octanol–water partition coefficient (Wildman–Crippen LogP) is 3.26. The monoisotopic (exact) mass is 287 g/mol. The van der Waals surface area contributed by atoms with Gasteiger partial charge in [0.2, 0.25) is 0 Å². The number of nitrogens with one attached hydrogen (secondary N) is 1. The molecule has 0 bridgehead atoms. The van der Waals surface area contributed by atoms with E-state index in [1.165, 1.54) is 0 Å². The molecule has 3 atom stereocenters. The van der Waals surface area contributed by atoms with Gasteiger partial charge in [-0.2, -0.15) is 13.2 Å². The van der Waals surface area contributed by atoms with Gasteiger partial charge in [-0.3, -0.25) is 0 Å². The van der Waals surface area contributed by atoms with Crippen LogP contribution in [0.25, 0.3) is 0 Å². The van der Waals surface area contributed by atoms with Crippen molar-refractivity contribution in [3.8, 4) is 0 Å². The van der Waals surface area contributed by atoms with Gasteiger partial charge in [0.1, 0.15) is 0 Å². The van der Waals surface area contributed by atoms with Crippen LogP contribution in [0, 0.1) is 5.92 Å². The fourth-order valence-electron chi connectivity index (χ4n) is 2.70. The Kier molecular flexibility index (Phi) is 4.70. The molecule has 2 nitrogen and oxygen atoms in total. The van der Waals surface area contributed by atoms with Crippen molar-refractivity contribution in [1.82, 2.24) is 5.32 Å². The van der Waals surface area contributed by atoms with Crippen LogP contribution in [0.2, 0.25) is 0 Å². The first-order valence-corrected chi connectivity index (χ1v) is 6.87. The van der Waals surface area contributed by atoms with Gasteiger partial charge < -0.3 is 10.1 Å². The van der Waals surface area contributed by atoms with Gasteiger partial charge in [-0.05, 0) is 43.5 Å². The van der Waals surface area contributed by atoms with Crippen LogP contribution >= 0.6 is 0 Å². The minimum absolute atomic E-state index is 0.127. The van der Waals surface area contributed by atoms with Crippen molar-refractivity contribution >= 4 is 0 Å². The van der Waals surface area contributed by atoms with Gasteiger partial charge in [-0.1, -0.05) is 19.1 Å². The van der Waals surface area contributed by atoms with Gasteiger partial charge in [0.05, 0.1) is 11.7 Å². The maximum atomic E-state index is 12.5. The summed E-state index contributed by atoms with van der Waals surface area (Å²) in [5.41, 5.74) is 0.285. The van der Waals surface area contributed by atoms with Gasteiger partial charge in [-0.15, -0.1) is 0 Å². The van der Waals surface area contributed by atoms with Gasteiger partial charge in [0, 0.05) is 12.6 Å². The zero-order valence-electron chi connectivity index (χ0n) is 11.7. The van der Waals surface area contributed by atoms with E-state index in [0.29, 0.717) is 12.3 Å². The standard InChI is InChI=1S/C15H20F3NO/c1-10-7-8-20-14(10)13(19-2)9-11-3-5-12(6-4-11)15(16,17)18/h3-6,10,13-14,19H,7-9H2,1-2H3. The molecule has 0 radical (unpaired) electrons. The lowest BCUT2D eigenvalue weighted by Crippen LogP contribution is -2.41. The van der Waals surface area contributed by atoms with E-state index in [0.717, 1.165) is 30.7 Å². The topological polar surface area (TPSA) is 21.3 Å². The summed E-state index contributed by atoms with van der Waals surface area (Å²) < 4.78 is 43.3. The van der Waals surface area contributed by atoms with Crippen molar-refractivity contribution in [3.63, 3.8) is 0 Å². The average Bonchev–Trinajstić information content (AvgIpc) is 2.82. The lowest BCUT2D eigenvalue weighted by atomic mass is 9.93. The molecule has 3 unspecified atom stereocenters. The molecular formula is C15H20F3NO. The molecule has 1 aliphatic rings. The van der Waals surface area contributed by atoms with E-state index >= 15 is 0 Å². The normalized spacial score (nSPS) is 24.9. The van der Waals surface area contributed by atoms with Crippen LogP contribution in [-0.2, 0) is 17.3 Å². The number of alkyl halides is 3. The zero-order valence-corrected chi connectivity index (χ0v) is 11.7. The van der Waals surface area contributed by atoms with Gasteiger partial charge >= 0.3 is 6.18 Å². The molecule has 0 amide bonds. The van der Waals surface area contributed by atoms with E-state index in [-0.39, 0.29) is 12.1 Å². The molecule has 1 heterocycles. The van der Waals surface area contributed by atoms with E-state index in [1.54, 1.807) is 12.1 Å². The van der Waals surface area contributed by atoms with Crippen LogP contribution in [0.5, 0.6) is 0 Å². The third-order valence-electron chi connectivity index (χ3n) is 3.95. The Morgan fingerprint density at radius 2 is 1.95 bits per heavy atom. The summed E-state index contributed by atoms with van der Waals surface area (Å²) >= 11 is 0. The molecule has 1 aliphatic heterocycles. The molecule has 1 saturated heterocycles. The number of hydrogen-bond acceptors (Lipinski definition) is 2. The maximum Gasteiger partial charge on any atom is 0.416 e. The van der Waals surface area contributed by atoms with E-state index in [4.69, 9.17) is 4.74 Å². The van der Waals surface area contributed by atoms with Crippen molar-refractivity contribution in [2.45, 2.75) is 38.1 Å². The second-order valence-corrected chi connectivity index (χ2v) is 5.40. The smallest absolute Gasteiger partial charge is 0.376 e. The van der Waals surface area contributed by atoms with E-state index in [1.807, 2.05) is 7.05 Å². The highest BCUT2D eigenvalue weighted by atomic mass is 19.4. The van der Waals surface area contributed by atoms with Crippen LogP contribution in [0.3, 0.4) is 0 Å². The van der Waals surface area contributed by atoms with Gasteiger partial charge in [-0.25, -0.2) is 0 Å². The molecule has 0 saturated carbocycles. The van der Waals surface area contributed by atoms with Crippen LogP contribution in [0.4, 0.5) is 13.2 Å². The van der Waals surface area contributed by atoms with E-state index in [2.05, 4.69) is 12.2 Å². The van der Waals surface area contributed by atoms with Crippen LogP contribution < -0.4 is 5.32 Å². The molecule has 112 valence electrons. The number of halogens is 3. The summed E-state index contributed by atoms with van der Waals surface area (Å²) in [5, 5.41) is 3.22. The second-order valence-electron chi connectivity index (χ2n) is 5.40. The summed E-state index contributed by atoms with van der Waals surface area (Å²) in [6, 6.07) is 5.51. The van der Waals surface area contributed by atoms with Crippen molar-refractivity contribution in [2.75, 3.05) is 13.7 Å². The highest BCUT2D eigenvalue weighted by molar-refractivity contribution is 5.25. The van der Waals surface area contributed by atoms with Crippen LogP contribution in [0.15, 0.2) is 24.3 Å². The lowest BCUT2D eigenvalue weighted by Gasteiger charge is -2.26. The molecule has 0 spiro atoms. The third-order valence-corrected chi connectivity index (χ3v) is 3.95. The van der Waals surface area contributed by atoms with E-state index < -0.39 is 11.7 Å². The Hall–Kier alpha value is -1.07. The van der Waals surface area contributed by atoms with E-state index in [9.17, 15) is 13.2 Å². The first kappa shape index (κ1) is 15.3. The fourth-order valence-corrected chi connectivity index (χ4v) is 2.70. The van der Waals surface area contributed by atoms with Gasteiger partial charge in [0.15, 0.2) is 0 Å². The molecule has 0 aromatic heterocycles. The van der Waals surface area contributed by atoms with Crippen molar-refractivity contribution < 1.29 is 17.9 Å². The van der Waals surface area contributed by atoms with Crippen LogP contribution in [0.1, 0.15) is 24.5 Å². The zero-order chi connectivity index (χ0) is 14.8. The number of benzene rings is 1. The first-order valence-electron chi connectivity index (χ1n) is 6.87. The molecule has 0 aliphatic carbocycles. The molecule has 1 N–H and O–H groups in total. The summed E-state index contributed by atoms with van der Waals surface area (Å²) in [4.78, 5) is 0. The largest absolute Gasteiger partial charge is 0.416 e. The van der Waals surface area contributed by atoms with Crippen molar-refractivity contribution in [2.24, 2.45) is 5.92 Å². The van der Waals surface area contributed by atoms with Crippen molar-refractivity contribution in [1.29, 1.82) is 0 Å². The Morgan fingerprint density at radius 3 is 2.40 bits per heavy atom. The van der Waals surface area contributed by atoms with Gasteiger partial charge in [0.25, 0.3) is 0 Å². The molecular weight excluding hydrogens is 267 g/mol. The van der Waals surface area contributed by atoms with Crippen LogP contribution in [-0.4, -0.2) is 25.8 Å². The molecule has 2 rings (SSSR count). The number of hydrogen-bond donors (Lipinski definition) is 1. The minimum Gasteiger partial charge on any atom is -0.376 e. The highest BCUT2D eigenvalue weighted by Crippen LogP contribution is 2.30. The Labute approximate surface area is 117 Å². The number of ether oxygens (including phenoxy) is 1. The Bertz CT molecular complexity index is 430. The average molecular weight is 287 g/mol. The molecule has 20 heavy (non-hydrogen) atoms. The minimum atomic E-state index is -4.27. The molecule has 5 heteroatoms. The SMILES string of the molecule is CNC(Cc1ccc(C(F)(F)F)cc1)C1OCCC1C. The first-order chi connectivity index (χ1) is 9.41. The van der Waals surface area contributed by atoms with Crippen molar-refractivity contribution in [3.05, 3.63) is 35.4 Å². The fraction of sp³-hybridized carbons (Fsp3) is 0.600. The predicted molar refractivity (Wildman–Crippen MR) is 71.5 cm³/mol. The molecule has 1 aromatic carbocycles. The molecule has 1 fully saturated rings. The maximum absolute atomic E-state index is 12.5. The number of likely N-dealkylation sites (N-methyl/N-ethyl adjacent to an activating group) is 1.